The third kappa shape index (κ3) is 6.58. The summed E-state index contributed by atoms with van der Waals surface area (Å²) >= 11 is 1.45. The third-order valence-electron chi connectivity index (χ3n) is 8.34. The number of hydrogen-bond acceptors (Lipinski definition) is 6. The zero-order valence-corrected chi connectivity index (χ0v) is 26.3. The highest BCUT2D eigenvalue weighted by Crippen LogP contribution is 2.36. The Hall–Kier alpha value is -3.57. The summed E-state index contributed by atoms with van der Waals surface area (Å²) in [7, 11) is 0. The number of ether oxygens (including phenoxy) is 1. The molecule has 4 aromatic rings. The van der Waals surface area contributed by atoms with Crippen molar-refractivity contribution < 1.29 is 23.1 Å². The molecule has 4 heterocycles. The van der Waals surface area contributed by atoms with Crippen LogP contribution in [0, 0.1) is 5.82 Å². The zero-order valence-electron chi connectivity index (χ0n) is 25.4. The second-order valence-electron chi connectivity index (χ2n) is 12.8. The SMILES string of the molecule is CC(C)(C)OC(=O)N1CCCC1c1ccc(-c2cn3c(n2)sc2cc(C(=O)NCCCN4CCC(F)CC4)ccc23)c(F)c1. The number of fused-ring (bicyclic) bond motifs is 3. The lowest BCUT2D eigenvalue weighted by Gasteiger charge is -2.29. The van der Waals surface area contributed by atoms with Gasteiger partial charge in [-0.25, -0.2) is 18.6 Å². The number of nitrogens with one attached hydrogen (secondary N) is 1. The number of hydrogen-bond donors (Lipinski definition) is 1. The van der Waals surface area contributed by atoms with Crippen molar-refractivity contribution in [1.29, 1.82) is 0 Å². The van der Waals surface area contributed by atoms with E-state index in [0.29, 0.717) is 47.7 Å². The molecule has 0 saturated carbocycles. The molecule has 2 amide bonds. The number of nitrogens with zero attached hydrogens (tertiary/aromatic N) is 4. The molecule has 1 unspecified atom stereocenters. The number of likely N-dealkylation sites (tertiary alicyclic amines) is 2. The second kappa shape index (κ2) is 12.4. The van der Waals surface area contributed by atoms with Crippen LogP contribution in [0.5, 0.6) is 0 Å². The molecule has 2 aliphatic heterocycles. The fourth-order valence-electron chi connectivity index (χ4n) is 6.10. The molecule has 8 nitrogen and oxygen atoms in total. The van der Waals surface area contributed by atoms with Gasteiger partial charge >= 0.3 is 6.09 Å². The third-order valence-corrected chi connectivity index (χ3v) is 9.36. The van der Waals surface area contributed by atoms with Gasteiger partial charge in [0.05, 0.1) is 22.0 Å². The van der Waals surface area contributed by atoms with E-state index >= 15 is 4.39 Å². The largest absolute Gasteiger partial charge is 0.444 e. The Bertz CT molecular complexity index is 1670. The molecule has 2 aliphatic rings. The van der Waals surface area contributed by atoms with E-state index in [4.69, 9.17) is 9.72 Å². The number of amides is 2. The number of carbonyl (C=O) groups is 2. The normalized spacial score (nSPS) is 18.4. The summed E-state index contributed by atoms with van der Waals surface area (Å²) in [6.45, 7) is 9.07. The van der Waals surface area contributed by atoms with Crippen LogP contribution in [-0.4, -0.2) is 75.7 Å². The Balaban J connectivity index is 1.12. The molecule has 44 heavy (non-hydrogen) atoms. The molecule has 11 heteroatoms. The highest BCUT2D eigenvalue weighted by atomic mass is 32.1. The van der Waals surface area contributed by atoms with Crippen LogP contribution in [0.1, 0.15) is 74.8 Å². The van der Waals surface area contributed by atoms with Gasteiger partial charge in [0.1, 0.15) is 17.6 Å². The van der Waals surface area contributed by atoms with Crippen LogP contribution in [0.25, 0.3) is 26.4 Å². The molecule has 2 aromatic carbocycles. The maximum Gasteiger partial charge on any atom is 0.410 e. The predicted molar refractivity (Wildman–Crippen MR) is 168 cm³/mol. The average Bonchev–Trinajstić information content (AvgIpc) is 3.70. The van der Waals surface area contributed by atoms with E-state index in [0.717, 1.165) is 54.7 Å². The minimum absolute atomic E-state index is 0.129. The lowest BCUT2D eigenvalue weighted by atomic mass is 10.0. The van der Waals surface area contributed by atoms with Crippen molar-refractivity contribution in [3.8, 4) is 11.3 Å². The van der Waals surface area contributed by atoms with Crippen molar-refractivity contribution in [2.45, 2.75) is 70.7 Å². The molecule has 0 spiro atoms. The first-order chi connectivity index (χ1) is 21.1. The topological polar surface area (TPSA) is 79.2 Å². The molecule has 6 rings (SSSR count). The first kappa shape index (κ1) is 30.5. The molecule has 0 bridgehead atoms. The van der Waals surface area contributed by atoms with E-state index in [1.165, 1.54) is 17.4 Å². The number of carbonyl (C=O) groups excluding carboxylic acids is 2. The van der Waals surface area contributed by atoms with Crippen molar-refractivity contribution in [3.63, 3.8) is 0 Å². The van der Waals surface area contributed by atoms with Crippen LogP contribution in [-0.2, 0) is 4.74 Å². The summed E-state index contributed by atoms with van der Waals surface area (Å²) in [5.41, 5.74) is 2.54. The van der Waals surface area contributed by atoms with Gasteiger partial charge in [-0.05, 0) is 95.3 Å². The highest BCUT2D eigenvalue weighted by molar-refractivity contribution is 7.23. The molecular formula is C33H39F2N5O3S. The summed E-state index contributed by atoms with van der Waals surface area (Å²) in [4.78, 5) is 34.9. The van der Waals surface area contributed by atoms with E-state index in [2.05, 4.69) is 10.2 Å². The molecular weight excluding hydrogens is 584 g/mol. The Labute approximate surface area is 260 Å². The first-order valence-corrected chi connectivity index (χ1v) is 16.2. The molecule has 2 saturated heterocycles. The van der Waals surface area contributed by atoms with Crippen LogP contribution in [0.2, 0.25) is 0 Å². The van der Waals surface area contributed by atoms with Gasteiger partial charge in [0.2, 0.25) is 0 Å². The zero-order chi connectivity index (χ0) is 31.0. The van der Waals surface area contributed by atoms with Crippen molar-refractivity contribution in [2.24, 2.45) is 0 Å². The average molecular weight is 624 g/mol. The molecule has 0 radical (unpaired) electrons. The molecule has 2 fully saturated rings. The summed E-state index contributed by atoms with van der Waals surface area (Å²) in [6.07, 6.45) is 4.36. The van der Waals surface area contributed by atoms with Gasteiger partial charge in [-0.3, -0.25) is 9.20 Å². The highest BCUT2D eigenvalue weighted by Gasteiger charge is 2.33. The van der Waals surface area contributed by atoms with Gasteiger partial charge in [-0.1, -0.05) is 17.4 Å². The molecule has 1 N–H and O–H groups in total. The smallest absolute Gasteiger partial charge is 0.410 e. The molecule has 0 aliphatic carbocycles. The van der Waals surface area contributed by atoms with Gasteiger partial charge in [0.15, 0.2) is 4.96 Å². The van der Waals surface area contributed by atoms with E-state index < -0.39 is 11.8 Å². The van der Waals surface area contributed by atoms with E-state index in [1.807, 2.05) is 49.6 Å². The van der Waals surface area contributed by atoms with Gasteiger partial charge in [0.25, 0.3) is 5.91 Å². The minimum Gasteiger partial charge on any atom is -0.444 e. The van der Waals surface area contributed by atoms with Crippen molar-refractivity contribution in [3.05, 3.63) is 59.5 Å². The number of imidazole rings is 1. The Morgan fingerprint density at radius 1 is 1.09 bits per heavy atom. The quantitative estimate of drug-likeness (QED) is 0.225. The van der Waals surface area contributed by atoms with Crippen molar-refractivity contribution in [2.75, 3.05) is 32.7 Å². The van der Waals surface area contributed by atoms with E-state index in [1.54, 1.807) is 17.0 Å². The van der Waals surface area contributed by atoms with E-state index in [-0.39, 0.29) is 23.9 Å². The number of aromatic nitrogens is 2. The first-order valence-electron chi connectivity index (χ1n) is 15.4. The van der Waals surface area contributed by atoms with Crippen LogP contribution in [0.4, 0.5) is 13.6 Å². The maximum atomic E-state index is 15.5. The van der Waals surface area contributed by atoms with Gasteiger partial charge < -0.3 is 19.9 Å². The number of alkyl halides is 1. The fourth-order valence-corrected chi connectivity index (χ4v) is 7.15. The fraction of sp³-hybridized carbons (Fsp3) is 0.485. The number of benzene rings is 2. The molecule has 234 valence electrons. The van der Waals surface area contributed by atoms with Crippen molar-refractivity contribution in [1.82, 2.24) is 24.5 Å². The number of thiazole rings is 1. The minimum atomic E-state index is -0.679. The maximum absolute atomic E-state index is 15.5. The summed E-state index contributed by atoms with van der Waals surface area (Å²) in [5, 5.41) is 2.99. The van der Waals surface area contributed by atoms with Crippen LogP contribution >= 0.6 is 11.3 Å². The standard InChI is InChI=1S/C33H39F2N5O3S/c1-33(2,3)43-32(42)39-15-4-6-27(39)21-7-9-24(25(35)18-21)26-20-40-28-10-8-22(19-29(28)44-31(40)37-26)30(41)36-13-5-14-38-16-11-23(34)12-17-38/h7-10,18-20,23,27H,4-6,11-17H2,1-3H3,(H,36,41). The second-order valence-corrected chi connectivity index (χ2v) is 13.8. The van der Waals surface area contributed by atoms with Gasteiger partial charge in [-0.15, -0.1) is 0 Å². The van der Waals surface area contributed by atoms with Crippen molar-refractivity contribution >= 4 is 38.5 Å². The Kier molecular flexibility index (Phi) is 8.61. The van der Waals surface area contributed by atoms with E-state index in [9.17, 15) is 14.0 Å². The Morgan fingerprint density at radius 2 is 1.89 bits per heavy atom. The van der Waals surface area contributed by atoms with Crippen LogP contribution < -0.4 is 5.32 Å². The Morgan fingerprint density at radius 3 is 2.64 bits per heavy atom. The van der Waals surface area contributed by atoms with Crippen LogP contribution in [0.3, 0.4) is 0 Å². The summed E-state index contributed by atoms with van der Waals surface area (Å²) in [5.74, 6) is -0.518. The monoisotopic (exact) mass is 623 g/mol. The molecule has 1 atom stereocenters. The number of rotatable bonds is 7. The van der Waals surface area contributed by atoms with Gasteiger partial charge in [-0.2, -0.15) is 0 Å². The molecule has 2 aromatic heterocycles. The summed E-state index contributed by atoms with van der Waals surface area (Å²) in [6, 6.07) is 10.4. The number of piperidine rings is 1. The lowest BCUT2D eigenvalue weighted by molar-refractivity contribution is 0.0224. The number of halogens is 2. The van der Waals surface area contributed by atoms with Gasteiger partial charge in [0, 0.05) is 43.5 Å². The predicted octanol–water partition coefficient (Wildman–Crippen LogP) is 6.98. The summed E-state index contributed by atoms with van der Waals surface area (Å²) < 4.78 is 37.2. The van der Waals surface area contributed by atoms with Crippen LogP contribution in [0.15, 0.2) is 42.6 Å². The lowest BCUT2D eigenvalue weighted by Crippen LogP contribution is -2.36.